The number of phosphoric ester groups is 1. The molecule has 12 heteroatoms. The Hall–Kier alpha value is -3.60. The Bertz CT molecular complexity index is 1510. The molecule has 388 valence electrons. The van der Waals surface area contributed by atoms with Gasteiger partial charge in [0.15, 0.2) is 6.10 Å². The van der Waals surface area contributed by atoms with E-state index in [1.807, 2.05) is 30.4 Å². The van der Waals surface area contributed by atoms with Gasteiger partial charge in [-0.3, -0.25) is 23.4 Å². The summed E-state index contributed by atoms with van der Waals surface area (Å²) in [5.74, 6) is -1.65. The Morgan fingerprint density at radius 3 is 1.18 bits per heavy atom. The molecule has 0 saturated heterocycles. The van der Waals surface area contributed by atoms with Gasteiger partial charge in [0, 0.05) is 19.3 Å². The second-order valence-electron chi connectivity index (χ2n) is 16.9. The third-order valence-electron chi connectivity index (χ3n) is 10.5. The minimum absolute atomic E-state index is 0.0482. The van der Waals surface area contributed by atoms with Gasteiger partial charge in [-0.25, -0.2) is 4.57 Å². The highest BCUT2D eigenvalue weighted by molar-refractivity contribution is 7.47. The summed E-state index contributed by atoms with van der Waals surface area (Å²) in [5, 5.41) is 9.76. The lowest BCUT2D eigenvalue weighted by Crippen LogP contribution is -2.30. The number of hydrogen-bond donors (Lipinski definition) is 2. The average Bonchev–Trinajstić information content (AvgIpc) is 3.32. The fourth-order valence-electron chi connectivity index (χ4n) is 6.62. The summed E-state index contributed by atoms with van der Waals surface area (Å²) < 4.78 is 39.2. The van der Waals surface area contributed by atoms with E-state index in [4.69, 9.17) is 23.3 Å². The molecule has 68 heavy (non-hydrogen) atoms. The summed E-state index contributed by atoms with van der Waals surface area (Å²) in [6.45, 7) is 4.23. The van der Waals surface area contributed by atoms with Crippen LogP contribution in [0, 0.1) is 0 Å². The Labute approximate surface area is 412 Å². The van der Waals surface area contributed by atoms with E-state index >= 15 is 0 Å². The van der Waals surface area contributed by atoms with Crippen molar-refractivity contribution in [3.63, 3.8) is 0 Å². The molecule has 3 unspecified atom stereocenters. The van der Waals surface area contributed by atoms with Gasteiger partial charge >= 0.3 is 25.7 Å². The van der Waals surface area contributed by atoms with Crippen LogP contribution in [0.2, 0.25) is 0 Å². The van der Waals surface area contributed by atoms with E-state index < -0.39 is 57.8 Å². The molecule has 0 aliphatic rings. The topological polar surface area (TPSA) is 155 Å². The average molecular weight is 973 g/mol. The van der Waals surface area contributed by atoms with Crippen LogP contribution in [0.15, 0.2) is 97.2 Å². The fourth-order valence-corrected chi connectivity index (χ4v) is 7.40. The molecule has 0 aromatic carbocycles. The molecule has 0 aromatic rings. The largest absolute Gasteiger partial charge is 0.472 e. The van der Waals surface area contributed by atoms with Crippen molar-refractivity contribution in [1.29, 1.82) is 0 Å². The van der Waals surface area contributed by atoms with E-state index in [-0.39, 0.29) is 25.9 Å². The van der Waals surface area contributed by atoms with Crippen LogP contribution in [-0.2, 0) is 42.2 Å². The van der Waals surface area contributed by atoms with Gasteiger partial charge in [0.25, 0.3) is 0 Å². The summed E-state index contributed by atoms with van der Waals surface area (Å²) in [6, 6.07) is 0. The van der Waals surface area contributed by atoms with Crippen molar-refractivity contribution >= 4 is 25.7 Å². The molecule has 0 fully saturated rings. The zero-order valence-electron chi connectivity index (χ0n) is 42.5. The molecular formula is C56H93O11P. The summed E-state index contributed by atoms with van der Waals surface area (Å²) in [7, 11) is -4.78. The van der Waals surface area contributed by atoms with Crippen molar-refractivity contribution in [2.24, 2.45) is 0 Å². The van der Waals surface area contributed by atoms with Gasteiger partial charge in [-0.1, -0.05) is 208 Å². The maximum Gasteiger partial charge on any atom is 0.472 e. The third kappa shape index (κ3) is 47.5. The maximum absolute atomic E-state index is 12.8. The number of rotatable bonds is 47. The first-order chi connectivity index (χ1) is 33.2. The molecular weight excluding hydrogens is 880 g/mol. The van der Waals surface area contributed by atoms with E-state index in [1.165, 1.54) is 70.6 Å². The van der Waals surface area contributed by atoms with Gasteiger partial charge in [-0.2, -0.15) is 0 Å². The summed E-state index contributed by atoms with van der Waals surface area (Å²) >= 11 is 0. The molecule has 2 N–H and O–H groups in total. The Kier molecular flexibility index (Phi) is 47.2. The molecule has 3 atom stereocenters. The maximum atomic E-state index is 12.8. The van der Waals surface area contributed by atoms with E-state index in [9.17, 15) is 28.9 Å². The molecule has 0 aliphatic heterocycles. The number of aliphatic hydroxyl groups is 1. The molecule has 0 spiro atoms. The quantitative estimate of drug-likeness (QED) is 0.0197. The van der Waals surface area contributed by atoms with Crippen molar-refractivity contribution in [3.8, 4) is 0 Å². The smallest absolute Gasteiger partial charge is 0.462 e. The number of esters is 3. The van der Waals surface area contributed by atoms with Crippen LogP contribution < -0.4 is 0 Å². The van der Waals surface area contributed by atoms with Crippen LogP contribution in [0.4, 0.5) is 0 Å². The lowest BCUT2D eigenvalue weighted by atomic mass is 10.0. The predicted molar refractivity (Wildman–Crippen MR) is 279 cm³/mol. The fraction of sp³-hybridized carbons (Fsp3) is 0.661. The first kappa shape index (κ1) is 64.4. The Morgan fingerprint density at radius 1 is 0.426 bits per heavy atom. The van der Waals surface area contributed by atoms with Crippen molar-refractivity contribution in [1.82, 2.24) is 0 Å². The van der Waals surface area contributed by atoms with Crippen molar-refractivity contribution in [3.05, 3.63) is 97.2 Å². The van der Waals surface area contributed by atoms with Gasteiger partial charge < -0.3 is 24.2 Å². The van der Waals surface area contributed by atoms with E-state index in [0.717, 1.165) is 70.6 Å². The number of ether oxygens (including phenoxy) is 3. The lowest BCUT2D eigenvalue weighted by molar-refractivity contribution is -0.161. The number of aliphatic hydroxyl groups excluding tert-OH is 1. The highest BCUT2D eigenvalue weighted by atomic mass is 31.2. The zero-order chi connectivity index (χ0) is 49.9. The second kappa shape index (κ2) is 49.8. The van der Waals surface area contributed by atoms with Crippen LogP contribution in [0.3, 0.4) is 0 Å². The number of allylic oxidation sites excluding steroid dienone is 16. The Morgan fingerprint density at radius 2 is 0.765 bits per heavy atom. The second-order valence-corrected chi connectivity index (χ2v) is 18.4. The van der Waals surface area contributed by atoms with Crippen molar-refractivity contribution in [2.75, 3.05) is 26.4 Å². The minimum atomic E-state index is -4.78. The highest BCUT2D eigenvalue weighted by Gasteiger charge is 2.28. The molecule has 0 heterocycles. The normalized spacial score (nSPS) is 14.2. The van der Waals surface area contributed by atoms with Crippen molar-refractivity contribution < 1.29 is 52.2 Å². The van der Waals surface area contributed by atoms with E-state index in [0.29, 0.717) is 19.3 Å². The number of carbonyl (C=O) groups excluding carboxylic acids is 3. The first-order valence-electron chi connectivity index (χ1n) is 26.1. The summed E-state index contributed by atoms with van der Waals surface area (Å²) in [6.07, 6.45) is 57.0. The molecule has 0 bridgehead atoms. The van der Waals surface area contributed by atoms with Crippen LogP contribution in [0.25, 0.3) is 0 Å². The predicted octanol–water partition coefficient (Wildman–Crippen LogP) is 14.9. The molecule has 0 aromatic heterocycles. The molecule has 0 amide bonds. The molecule has 0 saturated carbocycles. The molecule has 0 radical (unpaired) electrons. The lowest BCUT2D eigenvalue weighted by Gasteiger charge is -2.21. The van der Waals surface area contributed by atoms with Crippen LogP contribution in [0.5, 0.6) is 0 Å². The Balaban J connectivity index is 4.88. The van der Waals surface area contributed by atoms with Crippen LogP contribution in [0.1, 0.15) is 201 Å². The van der Waals surface area contributed by atoms with Gasteiger partial charge in [0.1, 0.15) is 12.7 Å². The number of phosphoric acid groups is 1. The van der Waals surface area contributed by atoms with Gasteiger partial charge in [-0.05, 0) is 70.6 Å². The minimum Gasteiger partial charge on any atom is -0.462 e. The van der Waals surface area contributed by atoms with Gasteiger partial charge in [0.05, 0.1) is 19.8 Å². The van der Waals surface area contributed by atoms with E-state index in [2.05, 4.69) is 87.6 Å². The standard InChI is InChI=1S/C56H93O11P/c1-4-7-10-13-16-19-22-25-26-29-32-35-38-41-44-47-56(60)67-53(49-63-54(58)45-42-39-36-33-30-27-23-20-17-14-11-8-5-2)51-65-68(61,62)64-50-52(48-57)66-55(59)46-43-40-37-34-31-28-24-21-18-15-12-9-6-3/h8-9,11-12,17-18,20-21,27-28,30-31,36-37,39-40,52-53,57H,4-7,10,13-16,19,22-26,29,32-35,38,41-51H2,1-3H3,(H,61,62)/b11-8-,12-9-,20-17-,21-18-,30-27-,31-28-,39-36-,40-37-. The number of hydrogen-bond acceptors (Lipinski definition) is 10. The summed E-state index contributed by atoms with van der Waals surface area (Å²) in [4.78, 5) is 48.2. The van der Waals surface area contributed by atoms with Crippen LogP contribution in [-0.4, -0.2) is 66.5 Å². The summed E-state index contributed by atoms with van der Waals surface area (Å²) in [5.41, 5.74) is 0. The first-order valence-corrected chi connectivity index (χ1v) is 27.6. The highest BCUT2D eigenvalue weighted by Crippen LogP contribution is 2.43. The monoisotopic (exact) mass is 973 g/mol. The van der Waals surface area contributed by atoms with Gasteiger partial charge in [0.2, 0.25) is 0 Å². The molecule has 0 rings (SSSR count). The van der Waals surface area contributed by atoms with Crippen molar-refractivity contribution in [2.45, 2.75) is 213 Å². The SMILES string of the molecule is CC/C=C\C/C=C\C/C=C\C/C=C\CCC(=O)OCC(COP(=O)(O)OCC(CO)OC(=O)CC/C=C\C/C=C\C/C=C\C/C=C\CC)OC(=O)CCCCCCCCCCCCCCCCC. The zero-order valence-corrected chi connectivity index (χ0v) is 43.4. The van der Waals surface area contributed by atoms with E-state index in [1.54, 1.807) is 0 Å². The molecule has 0 aliphatic carbocycles. The molecule has 11 nitrogen and oxygen atoms in total. The number of carbonyl (C=O) groups is 3. The third-order valence-corrected chi connectivity index (χ3v) is 11.5. The van der Waals surface area contributed by atoms with Crippen LogP contribution >= 0.6 is 7.82 Å². The number of unbranched alkanes of at least 4 members (excludes halogenated alkanes) is 14. The van der Waals surface area contributed by atoms with Gasteiger partial charge in [-0.15, -0.1) is 0 Å².